The van der Waals surface area contributed by atoms with Gasteiger partial charge in [-0.15, -0.1) is 0 Å². The molecule has 1 saturated heterocycles. The largest absolute Gasteiger partial charge is 0.463 e. The van der Waals surface area contributed by atoms with Gasteiger partial charge in [-0.05, 0) is 58.9 Å². The van der Waals surface area contributed by atoms with Crippen LogP contribution in [-0.4, -0.2) is 73.3 Å². The Labute approximate surface area is 167 Å². The van der Waals surface area contributed by atoms with E-state index in [-0.39, 0.29) is 6.61 Å². The molecule has 27 heavy (non-hydrogen) atoms. The van der Waals surface area contributed by atoms with Crippen LogP contribution in [0.4, 0.5) is 0 Å². The zero-order valence-electron chi connectivity index (χ0n) is 18.5. The molecule has 0 aliphatic carbocycles. The number of aliphatic hydroxyl groups excluding tert-OH is 1. The molecule has 0 saturated carbocycles. The van der Waals surface area contributed by atoms with Gasteiger partial charge in [0.15, 0.2) is 31.2 Å². The SMILES string of the molecule is CC(=O)OC[C@H]1OC(O)[C@H](O[Si](C)(C)C)[C@@H](O[Si](C)(C)C)[C@H]1O[Si](C)(C)C. The van der Waals surface area contributed by atoms with Gasteiger partial charge in [-0.1, -0.05) is 0 Å². The van der Waals surface area contributed by atoms with Crippen LogP contribution < -0.4 is 0 Å². The van der Waals surface area contributed by atoms with E-state index in [0.29, 0.717) is 0 Å². The Morgan fingerprint density at radius 3 is 1.63 bits per heavy atom. The van der Waals surface area contributed by atoms with E-state index in [1.165, 1.54) is 6.92 Å². The molecule has 10 heteroatoms. The van der Waals surface area contributed by atoms with Crippen LogP contribution in [0.15, 0.2) is 0 Å². The lowest BCUT2D eigenvalue weighted by atomic mass is 9.99. The van der Waals surface area contributed by atoms with Crippen LogP contribution in [0.5, 0.6) is 0 Å². The van der Waals surface area contributed by atoms with Crippen LogP contribution in [-0.2, 0) is 27.5 Å². The van der Waals surface area contributed by atoms with E-state index in [4.69, 9.17) is 22.8 Å². The van der Waals surface area contributed by atoms with Crippen LogP contribution >= 0.6 is 0 Å². The second-order valence-electron chi connectivity index (χ2n) is 9.95. The molecule has 0 aromatic heterocycles. The summed E-state index contributed by atoms with van der Waals surface area (Å²) in [5.41, 5.74) is 0. The Morgan fingerprint density at radius 2 is 1.22 bits per heavy atom. The summed E-state index contributed by atoms with van der Waals surface area (Å²) in [5.74, 6) is -0.400. The molecule has 0 bridgehead atoms. The summed E-state index contributed by atoms with van der Waals surface area (Å²) in [7, 11) is -5.95. The fraction of sp³-hybridized carbons (Fsp3) is 0.941. The Kier molecular flexibility index (Phi) is 8.47. The van der Waals surface area contributed by atoms with Gasteiger partial charge in [0.25, 0.3) is 0 Å². The first-order valence-corrected chi connectivity index (χ1v) is 19.7. The summed E-state index contributed by atoms with van der Waals surface area (Å²) in [6.07, 6.45) is -3.39. The van der Waals surface area contributed by atoms with Crippen LogP contribution in [0.25, 0.3) is 0 Å². The number of aliphatic hydroxyl groups is 1. The second kappa shape index (κ2) is 9.16. The number of hydrogen-bond donors (Lipinski definition) is 1. The third-order valence-corrected chi connectivity index (χ3v) is 6.47. The third kappa shape index (κ3) is 9.31. The summed E-state index contributed by atoms with van der Waals surface area (Å²) in [6, 6.07) is 0. The summed E-state index contributed by atoms with van der Waals surface area (Å²) in [5, 5.41) is 10.7. The summed E-state index contributed by atoms with van der Waals surface area (Å²) in [6.45, 7) is 20.1. The van der Waals surface area contributed by atoms with Crippen molar-refractivity contribution in [2.45, 2.75) is 96.6 Å². The molecule has 7 nitrogen and oxygen atoms in total. The van der Waals surface area contributed by atoms with Crippen molar-refractivity contribution in [2.75, 3.05) is 6.61 Å². The van der Waals surface area contributed by atoms with E-state index in [1.807, 2.05) is 0 Å². The topological polar surface area (TPSA) is 83.5 Å². The van der Waals surface area contributed by atoms with Crippen LogP contribution in [0, 0.1) is 0 Å². The maximum absolute atomic E-state index is 11.3. The van der Waals surface area contributed by atoms with Crippen molar-refractivity contribution in [3.8, 4) is 0 Å². The molecule has 0 radical (unpaired) electrons. The van der Waals surface area contributed by atoms with Gasteiger partial charge in [0, 0.05) is 6.92 Å². The number of ether oxygens (including phenoxy) is 2. The molecule has 1 fully saturated rings. The molecule has 1 aliphatic rings. The standard InChI is InChI=1S/C17H38O7Si3/c1-12(18)20-11-13-14(22-25(2,3)4)15(23-26(5,6)7)16(17(19)21-13)24-27(8,9)10/h13-17,19H,11H2,1-10H3/t13-,14+,15+,16-,17?/m1/s1. The van der Waals surface area contributed by atoms with E-state index in [0.717, 1.165) is 0 Å². The van der Waals surface area contributed by atoms with E-state index in [9.17, 15) is 9.90 Å². The van der Waals surface area contributed by atoms with Crippen molar-refractivity contribution in [1.82, 2.24) is 0 Å². The zero-order valence-corrected chi connectivity index (χ0v) is 21.5. The Bertz CT molecular complexity index is 496. The molecule has 0 amide bonds. The predicted octanol–water partition coefficient (Wildman–Crippen LogP) is 2.93. The van der Waals surface area contributed by atoms with Crippen LogP contribution in [0.2, 0.25) is 58.9 Å². The Morgan fingerprint density at radius 1 is 0.815 bits per heavy atom. The normalized spacial score (nSPS) is 30.3. The first-order valence-electron chi connectivity index (χ1n) is 9.49. The molecule has 1 rings (SSSR count). The maximum atomic E-state index is 11.3. The van der Waals surface area contributed by atoms with Gasteiger partial charge in [0.1, 0.15) is 31.0 Å². The number of carbonyl (C=O) groups is 1. The highest BCUT2D eigenvalue weighted by atomic mass is 28.4. The van der Waals surface area contributed by atoms with Gasteiger partial charge in [-0.2, -0.15) is 0 Å². The molecule has 0 aromatic rings. The van der Waals surface area contributed by atoms with Gasteiger partial charge >= 0.3 is 5.97 Å². The Balaban J connectivity index is 3.25. The fourth-order valence-electron chi connectivity index (χ4n) is 2.86. The monoisotopic (exact) mass is 438 g/mol. The number of rotatable bonds is 8. The lowest BCUT2D eigenvalue weighted by molar-refractivity contribution is -0.276. The highest BCUT2D eigenvalue weighted by Crippen LogP contribution is 2.32. The average molecular weight is 439 g/mol. The molecule has 1 heterocycles. The highest BCUT2D eigenvalue weighted by molar-refractivity contribution is 6.70. The molecule has 0 aromatic carbocycles. The molecule has 160 valence electrons. The smallest absolute Gasteiger partial charge is 0.302 e. The number of esters is 1. The van der Waals surface area contributed by atoms with Gasteiger partial charge in [-0.3, -0.25) is 4.79 Å². The van der Waals surface area contributed by atoms with E-state index in [2.05, 4.69) is 58.9 Å². The predicted molar refractivity (Wildman–Crippen MR) is 112 cm³/mol. The van der Waals surface area contributed by atoms with Crippen molar-refractivity contribution in [1.29, 1.82) is 0 Å². The summed E-state index contributed by atoms with van der Waals surface area (Å²) >= 11 is 0. The second-order valence-corrected chi connectivity index (χ2v) is 23.3. The first kappa shape index (κ1) is 25.0. The third-order valence-electron chi connectivity index (χ3n) is 3.53. The summed E-state index contributed by atoms with van der Waals surface area (Å²) in [4.78, 5) is 11.3. The first-order chi connectivity index (χ1) is 12.0. The maximum Gasteiger partial charge on any atom is 0.302 e. The van der Waals surface area contributed by atoms with E-state index in [1.54, 1.807) is 0 Å². The van der Waals surface area contributed by atoms with Gasteiger partial charge in [0.05, 0.1) is 0 Å². The van der Waals surface area contributed by atoms with E-state index < -0.39 is 61.6 Å². The van der Waals surface area contributed by atoms with Crippen molar-refractivity contribution >= 4 is 30.9 Å². The minimum Gasteiger partial charge on any atom is -0.463 e. The minimum atomic E-state index is -1.99. The molecule has 1 unspecified atom stereocenters. The molecule has 5 atom stereocenters. The van der Waals surface area contributed by atoms with Gasteiger partial charge in [0.2, 0.25) is 0 Å². The molecule has 1 N–H and O–H groups in total. The molecular weight excluding hydrogens is 400 g/mol. The highest BCUT2D eigenvalue weighted by Gasteiger charge is 2.51. The molecule has 0 spiro atoms. The minimum absolute atomic E-state index is 0.00671. The molecular formula is C17H38O7Si3. The van der Waals surface area contributed by atoms with Gasteiger partial charge in [-0.25, -0.2) is 0 Å². The average Bonchev–Trinajstić information content (AvgIpc) is 2.40. The molecule has 1 aliphatic heterocycles. The zero-order chi connectivity index (χ0) is 21.2. The number of carbonyl (C=O) groups excluding carboxylic acids is 1. The van der Waals surface area contributed by atoms with Crippen molar-refractivity contribution in [2.24, 2.45) is 0 Å². The van der Waals surface area contributed by atoms with Crippen LogP contribution in [0.3, 0.4) is 0 Å². The fourth-order valence-corrected chi connectivity index (χ4v) is 6.11. The lowest BCUT2D eigenvalue weighted by Crippen LogP contribution is -2.65. The number of hydrogen-bond acceptors (Lipinski definition) is 7. The van der Waals surface area contributed by atoms with E-state index >= 15 is 0 Å². The lowest BCUT2D eigenvalue weighted by Gasteiger charge is -2.49. The van der Waals surface area contributed by atoms with Gasteiger partial charge < -0.3 is 27.9 Å². The Hall–Kier alpha value is -0.0794. The van der Waals surface area contributed by atoms with Crippen molar-refractivity contribution < 1.29 is 32.7 Å². The summed E-state index contributed by atoms with van der Waals surface area (Å²) < 4.78 is 30.1. The quantitative estimate of drug-likeness (QED) is 0.461. The van der Waals surface area contributed by atoms with Crippen molar-refractivity contribution in [3.05, 3.63) is 0 Å². The van der Waals surface area contributed by atoms with Crippen LogP contribution in [0.1, 0.15) is 6.92 Å². The van der Waals surface area contributed by atoms with Crippen molar-refractivity contribution in [3.63, 3.8) is 0 Å².